The summed E-state index contributed by atoms with van der Waals surface area (Å²) in [5, 5.41) is 7.25. The molecular formula is C13H17Cl3N2O. The van der Waals surface area contributed by atoms with Gasteiger partial charge in [-0.05, 0) is 37.1 Å². The van der Waals surface area contributed by atoms with Gasteiger partial charge >= 0.3 is 0 Å². The Kier molecular flexibility index (Phi) is 6.40. The molecule has 6 heteroatoms. The molecule has 1 aromatic rings. The van der Waals surface area contributed by atoms with E-state index in [2.05, 4.69) is 17.6 Å². The summed E-state index contributed by atoms with van der Waals surface area (Å²) in [5.41, 5.74) is 0.505. The van der Waals surface area contributed by atoms with E-state index in [0.717, 1.165) is 19.5 Å². The highest BCUT2D eigenvalue weighted by Gasteiger charge is 2.23. The van der Waals surface area contributed by atoms with E-state index >= 15 is 0 Å². The molecule has 1 aliphatic heterocycles. The maximum atomic E-state index is 12.1. The minimum absolute atomic E-state index is 0. The first-order chi connectivity index (χ1) is 8.56. The molecule has 0 radical (unpaired) electrons. The van der Waals surface area contributed by atoms with Gasteiger partial charge in [0.15, 0.2) is 0 Å². The van der Waals surface area contributed by atoms with Gasteiger partial charge in [0.25, 0.3) is 5.91 Å². The van der Waals surface area contributed by atoms with Gasteiger partial charge in [0.1, 0.15) is 0 Å². The Morgan fingerprint density at radius 3 is 2.53 bits per heavy atom. The lowest BCUT2D eigenvalue weighted by atomic mass is 9.94. The lowest BCUT2D eigenvalue weighted by Crippen LogP contribution is -2.50. The fourth-order valence-electron chi connectivity index (χ4n) is 2.12. The van der Waals surface area contributed by atoms with E-state index in [4.69, 9.17) is 23.2 Å². The average Bonchev–Trinajstić information content (AvgIpc) is 2.31. The summed E-state index contributed by atoms with van der Waals surface area (Å²) in [7, 11) is 0. The number of carbonyl (C=O) groups excluding carboxylic acids is 1. The third kappa shape index (κ3) is 4.53. The second kappa shape index (κ2) is 7.34. The molecule has 2 atom stereocenters. The number of rotatable bonds is 2. The van der Waals surface area contributed by atoms with E-state index < -0.39 is 0 Å². The Morgan fingerprint density at radius 2 is 1.95 bits per heavy atom. The average molecular weight is 324 g/mol. The monoisotopic (exact) mass is 322 g/mol. The molecular weight excluding hydrogens is 307 g/mol. The van der Waals surface area contributed by atoms with E-state index in [1.165, 1.54) is 0 Å². The van der Waals surface area contributed by atoms with Crippen molar-refractivity contribution in [1.82, 2.24) is 10.6 Å². The fourth-order valence-corrected chi connectivity index (χ4v) is 2.65. The SMILES string of the molecule is CC1CCNCC1NC(=O)c1cc(Cl)cc(Cl)c1.Cl. The van der Waals surface area contributed by atoms with Crippen LogP contribution in [0.3, 0.4) is 0 Å². The van der Waals surface area contributed by atoms with Crippen LogP contribution in [0.15, 0.2) is 18.2 Å². The first-order valence-corrected chi connectivity index (χ1v) is 6.79. The van der Waals surface area contributed by atoms with Gasteiger partial charge in [-0.3, -0.25) is 4.79 Å². The van der Waals surface area contributed by atoms with E-state index in [1.54, 1.807) is 18.2 Å². The Hall–Kier alpha value is -0.480. The second-order valence-corrected chi connectivity index (χ2v) is 5.58. The second-order valence-electron chi connectivity index (χ2n) is 4.71. The number of hydrogen-bond donors (Lipinski definition) is 2. The van der Waals surface area contributed by atoms with Crippen LogP contribution in [0.5, 0.6) is 0 Å². The minimum Gasteiger partial charge on any atom is -0.348 e. The third-order valence-electron chi connectivity index (χ3n) is 3.27. The Bertz CT molecular complexity index is 433. The first-order valence-electron chi connectivity index (χ1n) is 6.04. The zero-order valence-electron chi connectivity index (χ0n) is 10.6. The summed E-state index contributed by atoms with van der Waals surface area (Å²) in [6.07, 6.45) is 1.07. The Balaban J connectivity index is 0.00000180. The highest BCUT2D eigenvalue weighted by Crippen LogP contribution is 2.19. The lowest BCUT2D eigenvalue weighted by molar-refractivity contribution is 0.0915. The molecule has 106 valence electrons. The molecule has 1 aromatic carbocycles. The van der Waals surface area contributed by atoms with Gasteiger partial charge in [0, 0.05) is 28.2 Å². The van der Waals surface area contributed by atoms with E-state index in [0.29, 0.717) is 21.5 Å². The van der Waals surface area contributed by atoms with Crippen LogP contribution in [0, 0.1) is 5.92 Å². The smallest absolute Gasteiger partial charge is 0.251 e. The summed E-state index contributed by atoms with van der Waals surface area (Å²) in [5.74, 6) is 0.352. The third-order valence-corrected chi connectivity index (χ3v) is 3.71. The molecule has 0 bridgehead atoms. The van der Waals surface area contributed by atoms with Gasteiger partial charge in [-0.1, -0.05) is 30.1 Å². The highest BCUT2D eigenvalue weighted by atomic mass is 35.5. The minimum atomic E-state index is -0.125. The molecule has 0 aliphatic carbocycles. The predicted molar refractivity (Wildman–Crippen MR) is 81.6 cm³/mol. The van der Waals surface area contributed by atoms with E-state index in [9.17, 15) is 4.79 Å². The number of piperidine rings is 1. The number of carbonyl (C=O) groups is 1. The van der Waals surface area contributed by atoms with Crippen LogP contribution < -0.4 is 10.6 Å². The number of nitrogens with one attached hydrogen (secondary N) is 2. The van der Waals surface area contributed by atoms with Crippen LogP contribution in [0.2, 0.25) is 10.0 Å². The topological polar surface area (TPSA) is 41.1 Å². The summed E-state index contributed by atoms with van der Waals surface area (Å²) in [6, 6.07) is 5.03. The number of benzene rings is 1. The van der Waals surface area contributed by atoms with Crippen molar-refractivity contribution in [2.24, 2.45) is 5.92 Å². The molecule has 0 aromatic heterocycles. The van der Waals surface area contributed by atoms with Gasteiger partial charge in [-0.2, -0.15) is 0 Å². The predicted octanol–water partition coefficient (Wildman–Crippen LogP) is 3.14. The summed E-state index contributed by atoms with van der Waals surface area (Å²) in [4.78, 5) is 12.1. The Morgan fingerprint density at radius 1 is 1.32 bits per heavy atom. The summed E-state index contributed by atoms with van der Waals surface area (Å²) < 4.78 is 0. The van der Waals surface area contributed by atoms with Crippen LogP contribution in [-0.4, -0.2) is 25.0 Å². The molecule has 2 unspecified atom stereocenters. The van der Waals surface area contributed by atoms with Gasteiger partial charge in [0.2, 0.25) is 0 Å². The van der Waals surface area contributed by atoms with Crippen LogP contribution in [0.4, 0.5) is 0 Å². The molecule has 2 N–H and O–H groups in total. The standard InChI is InChI=1S/C13H16Cl2N2O.ClH/c1-8-2-3-16-7-12(8)17-13(18)9-4-10(14)6-11(15)5-9;/h4-6,8,12,16H,2-3,7H2,1H3,(H,17,18);1H. The van der Waals surface area contributed by atoms with Crippen molar-refractivity contribution in [2.75, 3.05) is 13.1 Å². The van der Waals surface area contributed by atoms with Gasteiger partial charge in [-0.25, -0.2) is 0 Å². The molecule has 3 nitrogen and oxygen atoms in total. The molecule has 1 heterocycles. The summed E-state index contributed by atoms with van der Waals surface area (Å²) in [6.45, 7) is 3.97. The van der Waals surface area contributed by atoms with Crippen LogP contribution in [0.1, 0.15) is 23.7 Å². The number of amides is 1. The van der Waals surface area contributed by atoms with Crippen molar-refractivity contribution in [2.45, 2.75) is 19.4 Å². The van der Waals surface area contributed by atoms with Crippen molar-refractivity contribution in [3.05, 3.63) is 33.8 Å². The van der Waals surface area contributed by atoms with E-state index in [-0.39, 0.29) is 24.4 Å². The Labute approximate surface area is 129 Å². The van der Waals surface area contributed by atoms with Crippen molar-refractivity contribution in [1.29, 1.82) is 0 Å². The van der Waals surface area contributed by atoms with Crippen molar-refractivity contribution in [3.63, 3.8) is 0 Å². The molecule has 1 amide bonds. The van der Waals surface area contributed by atoms with Crippen LogP contribution in [-0.2, 0) is 0 Å². The molecule has 19 heavy (non-hydrogen) atoms. The zero-order valence-corrected chi connectivity index (χ0v) is 12.9. The quantitative estimate of drug-likeness (QED) is 0.878. The van der Waals surface area contributed by atoms with Gasteiger partial charge in [-0.15, -0.1) is 12.4 Å². The normalized spacial score (nSPS) is 22.5. The largest absolute Gasteiger partial charge is 0.348 e. The molecule has 1 fully saturated rings. The maximum Gasteiger partial charge on any atom is 0.251 e. The maximum absolute atomic E-state index is 12.1. The zero-order chi connectivity index (χ0) is 13.1. The van der Waals surface area contributed by atoms with Gasteiger partial charge in [0.05, 0.1) is 0 Å². The summed E-state index contributed by atoms with van der Waals surface area (Å²) >= 11 is 11.8. The molecule has 0 saturated carbocycles. The number of hydrogen-bond acceptors (Lipinski definition) is 2. The van der Waals surface area contributed by atoms with Crippen LogP contribution >= 0.6 is 35.6 Å². The lowest BCUT2D eigenvalue weighted by Gasteiger charge is -2.30. The number of halogens is 3. The van der Waals surface area contributed by atoms with E-state index in [1.807, 2.05) is 0 Å². The van der Waals surface area contributed by atoms with Crippen LogP contribution in [0.25, 0.3) is 0 Å². The molecule has 2 rings (SSSR count). The molecule has 0 spiro atoms. The van der Waals surface area contributed by atoms with Crippen molar-refractivity contribution < 1.29 is 4.79 Å². The first kappa shape index (κ1) is 16.6. The fraction of sp³-hybridized carbons (Fsp3) is 0.462. The van der Waals surface area contributed by atoms with Gasteiger partial charge < -0.3 is 10.6 Å². The molecule has 1 saturated heterocycles. The highest BCUT2D eigenvalue weighted by molar-refractivity contribution is 6.35. The van der Waals surface area contributed by atoms with Crippen molar-refractivity contribution >= 4 is 41.5 Å². The molecule has 1 aliphatic rings. The van der Waals surface area contributed by atoms with Crippen molar-refractivity contribution in [3.8, 4) is 0 Å².